The van der Waals surface area contributed by atoms with Crippen LogP contribution >= 0.6 is 0 Å². The molecule has 2 aliphatic carbocycles. The molecule has 2 aliphatic rings. The summed E-state index contributed by atoms with van der Waals surface area (Å²) in [6, 6.07) is 1.15. The highest BCUT2D eigenvalue weighted by Crippen LogP contribution is 2.45. The fourth-order valence-corrected chi connectivity index (χ4v) is 6.16. The summed E-state index contributed by atoms with van der Waals surface area (Å²) in [7, 11) is 0. The Morgan fingerprint density at radius 3 is 2.12 bits per heavy atom. The Morgan fingerprint density at radius 1 is 0.909 bits per heavy atom. The number of hydrogen-bond donors (Lipinski definition) is 0. The SMILES string of the molecule is C#CC(CCCCC)Oc1c(F)cc(C2CCC(C3CCC(CCC)CC3)CC2)c(F)c1F. The Hall–Kier alpha value is -1.63. The van der Waals surface area contributed by atoms with Crippen LogP contribution in [0.1, 0.15) is 115 Å². The van der Waals surface area contributed by atoms with Crippen molar-refractivity contribution in [1.29, 1.82) is 0 Å². The van der Waals surface area contributed by atoms with Crippen molar-refractivity contribution in [2.24, 2.45) is 17.8 Å². The second kappa shape index (κ2) is 12.7. The van der Waals surface area contributed by atoms with E-state index in [1.54, 1.807) is 0 Å². The van der Waals surface area contributed by atoms with Gasteiger partial charge in [0.15, 0.2) is 23.5 Å². The Balaban J connectivity index is 1.60. The molecule has 0 aliphatic heterocycles. The van der Waals surface area contributed by atoms with Crippen molar-refractivity contribution in [2.45, 2.75) is 116 Å². The molecule has 3 rings (SSSR count). The molecule has 2 saturated carbocycles. The highest BCUT2D eigenvalue weighted by molar-refractivity contribution is 5.35. The molecule has 1 aromatic carbocycles. The summed E-state index contributed by atoms with van der Waals surface area (Å²) < 4.78 is 50.0. The molecule has 4 heteroatoms. The van der Waals surface area contributed by atoms with Crippen molar-refractivity contribution < 1.29 is 17.9 Å². The van der Waals surface area contributed by atoms with Gasteiger partial charge < -0.3 is 4.74 Å². The number of hydrogen-bond acceptors (Lipinski definition) is 1. The predicted molar refractivity (Wildman–Crippen MR) is 129 cm³/mol. The second-order valence-electron chi connectivity index (χ2n) is 10.4. The fourth-order valence-electron chi connectivity index (χ4n) is 6.16. The zero-order valence-electron chi connectivity index (χ0n) is 20.5. The molecule has 0 N–H and O–H groups in total. The van der Waals surface area contributed by atoms with Gasteiger partial charge in [0, 0.05) is 0 Å². The Bertz CT molecular complexity index is 783. The molecule has 1 atom stereocenters. The first kappa shape index (κ1) is 26.0. The molecule has 0 bridgehead atoms. The summed E-state index contributed by atoms with van der Waals surface area (Å²) in [6.45, 7) is 4.32. The minimum Gasteiger partial charge on any atom is -0.471 e. The summed E-state index contributed by atoms with van der Waals surface area (Å²) in [5, 5.41) is 0. The molecule has 2 fully saturated rings. The van der Waals surface area contributed by atoms with Gasteiger partial charge in [0.2, 0.25) is 5.82 Å². The van der Waals surface area contributed by atoms with Crippen LogP contribution in [0.25, 0.3) is 0 Å². The van der Waals surface area contributed by atoms with Gasteiger partial charge >= 0.3 is 0 Å². The quantitative estimate of drug-likeness (QED) is 0.191. The van der Waals surface area contributed by atoms with E-state index < -0.39 is 29.3 Å². The van der Waals surface area contributed by atoms with Gasteiger partial charge in [-0.25, -0.2) is 8.78 Å². The lowest BCUT2D eigenvalue weighted by Crippen LogP contribution is -2.26. The monoisotopic (exact) mass is 462 g/mol. The summed E-state index contributed by atoms with van der Waals surface area (Å²) in [4.78, 5) is 0. The molecule has 0 spiro atoms. The number of rotatable bonds is 10. The van der Waals surface area contributed by atoms with Gasteiger partial charge in [-0.2, -0.15) is 4.39 Å². The maximum Gasteiger partial charge on any atom is 0.204 e. The molecule has 0 amide bonds. The molecular weight excluding hydrogens is 421 g/mol. The van der Waals surface area contributed by atoms with Gasteiger partial charge in [-0.1, -0.05) is 58.3 Å². The first-order chi connectivity index (χ1) is 16.0. The van der Waals surface area contributed by atoms with Crippen LogP contribution in [0, 0.1) is 47.5 Å². The van der Waals surface area contributed by atoms with E-state index in [0.29, 0.717) is 12.3 Å². The summed E-state index contributed by atoms with van der Waals surface area (Å²) in [5.74, 6) is 0.886. The van der Waals surface area contributed by atoms with Crippen molar-refractivity contribution >= 4 is 0 Å². The van der Waals surface area contributed by atoms with E-state index in [4.69, 9.17) is 11.2 Å². The molecule has 1 aromatic rings. The number of halogens is 3. The molecule has 0 saturated heterocycles. The zero-order chi connectivity index (χ0) is 23.8. The van der Waals surface area contributed by atoms with Crippen molar-refractivity contribution in [2.75, 3.05) is 0 Å². The van der Waals surface area contributed by atoms with E-state index in [1.807, 2.05) is 0 Å². The van der Waals surface area contributed by atoms with Gasteiger partial charge in [0.1, 0.15) is 0 Å². The number of ether oxygens (including phenoxy) is 1. The van der Waals surface area contributed by atoms with E-state index >= 15 is 0 Å². The average molecular weight is 463 g/mol. The third kappa shape index (κ3) is 6.71. The number of benzene rings is 1. The minimum absolute atomic E-state index is 0.135. The van der Waals surface area contributed by atoms with Crippen LogP contribution in [0.15, 0.2) is 6.07 Å². The van der Waals surface area contributed by atoms with Crippen LogP contribution in [0.3, 0.4) is 0 Å². The molecule has 0 heterocycles. The van der Waals surface area contributed by atoms with Crippen LogP contribution < -0.4 is 4.74 Å². The van der Waals surface area contributed by atoms with Crippen LogP contribution in [0.5, 0.6) is 5.75 Å². The van der Waals surface area contributed by atoms with E-state index in [2.05, 4.69) is 19.8 Å². The van der Waals surface area contributed by atoms with Gasteiger partial charge in [-0.05, 0) is 86.7 Å². The van der Waals surface area contributed by atoms with Gasteiger partial charge in [0.05, 0.1) is 0 Å². The number of unbranched alkanes of at least 4 members (excludes halogenated alkanes) is 2. The van der Waals surface area contributed by atoms with E-state index in [9.17, 15) is 13.2 Å². The van der Waals surface area contributed by atoms with Crippen molar-refractivity contribution in [3.8, 4) is 18.1 Å². The summed E-state index contributed by atoms with van der Waals surface area (Å²) in [6.07, 6.45) is 19.5. The normalized spacial score (nSPS) is 26.5. The predicted octanol–water partition coefficient (Wildman–Crippen LogP) is 8.95. The maximum absolute atomic E-state index is 15.0. The topological polar surface area (TPSA) is 9.23 Å². The molecule has 184 valence electrons. The van der Waals surface area contributed by atoms with Crippen molar-refractivity contribution in [3.63, 3.8) is 0 Å². The van der Waals surface area contributed by atoms with E-state index in [0.717, 1.165) is 62.8 Å². The Morgan fingerprint density at radius 2 is 1.55 bits per heavy atom. The highest BCUT2D eigenvalue weighted by Gasteiger charge is 2.33. The zero-order valence-corrected chi connectivity index (χ0v) is 20.5. The van der Waals surface area contributed by atoms with E-state index in [1.165, 1.54) is 38.5 Å². The fraction of sp³-hybridized carbons (Fsp3) is 0.724. The molecule has 1 unspecified atom stereocenters. The summed E-state index contributed by atoms with van der Waals surface area (Å²) >= 11 is 0. The maximum atomic E-state index is 15.0. The lowest BCUT2D eigenvalue weighted by molar-refractivity contribution is 0.155. The highest BCUT2D eigenvalue weighted by atomic mass is 19.2. The van der Waals surface area contributed by atoms with Gasteiger partial charge in [0.25, 0.3) is 0 Å². The third-order valence-electron chi connectivity index (χ3n) is 8.13. The average Bonchev–Trinajstić information content (AvgIpc) is 2.84. The van der Waals surface area contributed by atoms with Crippen molar-refractivity contribution in [1.82, 2.24) is 0 Å². The first-order valence-electron chi connectivity index (χ1n) is 13.3. The van der Waals surface area contributed by atoms with Crippen LogP contribution in [0.4, 0.5) is 13.2 Å². The third-order valence-corrected chi connectivity index (χ3v) is 8.13. The van der Waals surface area contributed by atoms with Crippen molar-refractivity contribution in [3.05, 3.63) is 29.1 Å². The van der Waals surface area contributed by atoms with Gasteiger partial charge in [-0.3, -0.25) is 0 Å². The minimum atomic E-state index is -1.24. The van der Waals surface area contributed by atoms with Gasteiger partial charge in [-0.15, -0.1) is 6.42 Å². The molecule has 1 nitrogen and oxygen atoms in total. The summed E-state index contributed by atoms with van der Waals surface area (Å²) in [5.41, 5.74) is 0.158. The molecular formula is C29H41F3O. The first-order valence-corrected chi connectivity index (χ1v) is 13.3. The van der Waals surface area contributed by atoms with Crippen LogP contribution in [-0.4, -0.2) is 6.10 Å². The molecule has 0 aromatic heterocycles. The van der Waals surface area contributed by atoms with E-state index in [-0.39, 0.29) is 11.5 Å². The number of terminal acetylenes is 1. The lowest BCUT2D eigenvalue weighted by Gasteiger charge is -2.38. The van der Waals surface area contributed by atoms with Crippen LogP contribution in [0.2, 0.25) is 0 Å². The Labute approximate surface area is 198 Å². The smallest absolute Gasteiger partial charge is 0.204 e. The lowest BCUT2D eigenvalue weighted by atomic mass is 9.68. The molecule has 0 radical (unpaired) electrons. The second-order valence-corrected chi connectivity index (χ2v) is 10.4. The standard InChI is InChI=1S/C29H41F3O/c1-4-7-8-10-24(6-3)33-29-26(30)19-25(27(31)28(29)32)23-17-15-22(16-18-23)21-13-11-20(9-5-2)12-14-21/h3,19-24H,4-5,7-18H2,1-2H3. The van der Waals surface area contributed by atoms with Crippen LogP contribution in [-0.2, 0) is 0 Å². The molecule has 33 heavy (non-hydrogen) atoms. The largest absolute Gasteiger partial charge is 0.471 e. The Kier molecular flexibility index (Phi) is 10.0.